The van der Waals surface area contributed by atoms with Gasteiger partial charge in [-0.15, -0.1) is 12.4 Å². The van der Waals surface area contributed by atoms with Crippen LogP contribution in [0, 0.1) is 6.92 Å². The first-order valence-electron chi connectivity index (χ1n) is 5.70. The smallest absolute Gasteiger partial charge is 0.333 e. The van der Waals surface area contributed by atoms with Gasteiger partial charge in [-0.2, -0.15) is 19.0 Å². The van der Waals surface area contributed by atoms with E-state index in [-0.39, 0.29) is 12.4 Å². The van der Waals surface area contributed by atoms with E-state index >= 15 is 0 Å². The molecule has 1 N–H and O–H groups in total. The summed E-state index contributed by atoms with van der Waals surface area (Å²) in [5.74, 6) is 0. The number of aryl methyl sites for hydroxylation is 1. The molecule has 2 rings (SSSR count). The number of alkyl halides is 2. The summed E-state index contributed by atoms with van der Waals surface area (Å²) in [6, 6.07) is 1.57. The van der Waals surface area contributed by atoms with Gasteiger partial charge in [0.05, 0.1) is 29.8 Å². The fraction of sp³-hybridized carbons (Fsp3) is 0.455. The summed E-state index contributed by atoms with van der Waals surface area (Å²) in [6.07, 6.45) is 3.06. The van der Waals surface area contributed by atoms with Gasteiger partial charge in [0.1, 0.15) is 0 Å². The van der Waals surface area contributed by atoms with Gasteiger partial charge < -0.3 is 5.32 Å². The fourth-order valence-electron chi connectivity index (χ4n) is 1.78. The molecular formula is C11H16ClF2N5. The predicted octanol–water partition coefficient (Wildman–Crippen LogP) is 2.84. The van der Waals surface area contributed by atoms with Crippen LogP contribution in [0.25, 0.3) is 0 Å². The first-order chi connectivity index (χ1) is 8.63. The fourth-order valence-corrected chi connectivity index (χ4v) is 1.78. The van der Waals surface area contributed by atoms with E-state index in [1.54, 1.807) is 12.3 Å². The summed E-state index contributed by atoms with van der Waals surface area (Å²) in [6.45, 7) is 2.39. The Bertz CT molecular complexity index is 523. The van der Waals surface area contributed by atoms with E-state index in [0.29, 0.717) is 16.9 Å². The van der Waals surface area contributed by atoms with E-state index in [2.05, 4.69) is 15.5 Å². The quantitative estimate of drug-likeness (QED) is 0.921. The Kier molecular flexibility index (Phi) is 5.29. The summed E-state index contributed by atoms with van der Waals surface area (Å²) in [7, 11) is 0. The highest BCUT2D eigenvalue weighted by Crippen LogP contribution is 2.16. The molecule has 2 aromatic rings. The molecule has 0 unspecified atom stereocenters. The second-order valence-corrected chi connectivity index (χ2v) is 3.86. The van der Waals surface area contributed by atoms with Gasteiger partial charge in [-0.1, -0.05) is 0 Å². The van der Waals surface area contributed by atoms with Crippen molar-refractivity contribution in [2.75, 3.05) is 5.32 Å². The normalized spacial score (nSPS) is 10.6. The van der Waals surface area contributed by atoms with Crippen molar-refractivity contribution in [3.63, 3.8) is 0 Å². The van der Waals surface area contributed by atoms with Crippen LogP contribution < -0.4 is 5.32 Å². The number of halogens is 3. The van der Waals surface area contributed by atoms with Crippen LogP contribution in [0.5, 0.6) is 0 Å². The third-order valence-corrected chi connectivity index (χ3v) is 2.80. The maximum Gasteiger partial charge on any atom is 0.333 e. The van der Waals surface area contributed by atoms with Crippen LogP contribution in [0.2, 0.25) is 0 Å². The van der Waals surface area contributed by atoms with Crippen molar-refractivity contribution in [2.45, 2.75) is 33.5 Å². The monoisotopic (exact) mass is 291 g/mol. The minimum atomic E-state index is -2.61. The Hall–Kier alpha value is -1.63. The molecule has 0 amide bonds. The Balaban J connectivity index is 0.00000180. The van der Waals surface area contributed by atoms with E-state index in [1.807, 2.05) is 18.5 Å². The van der Waals surface area contributed by atoms with Crippen LogP contribution in [0.3, 0.4) is 0 Å². The zero-order valence-electron chi connectivity index (χ0n) is 10.7. The lowest BCUT2D eigenvalue weighted by molar-refractivity contribution is 0.0537. The maximum absolute atomic E-state index is 12.6. The van der Waals surface area contributed by atoms with Crippen LogP contribution >= 0.6 is 12.4 Å². The van der Waals surface area contributed by atoms with Gasteiger partial charge in [-0.05, 0) is 19.9 Å². The molecule has 0 aliphatic heterocycles. The lowest BCUT2D eigenvalue weighted by Crippen LogP contribution is -2.10. The molecule has 19 heavy (non-hydrogen) atoms. The van der Waals surface area contributed by atoms with Gasteiger partial charge in [0.15, 0.2) is 0 Å². The molecule has 106 valence electrons. The molecular weight excluding hydrogens is 276 g/mol. The van der Waals surface area contributed by atoms with Gasteiger partial charge in [-0.25, -0.2) is 4.68 Å². The molecule has 8 heteroatoms. The Morgan fingerprint density at radius 2 is 2.11 bits per heavy atom. The van der Waals surface area contributed by atoms with Crippen LogP contribution in [-0.2, 0) is 13.1 Å². The van der Waals surface area contributed by atoms with E-state index in [9.17, 15) is 8.78 Å². The van der Waals surface area contributed by atoms with Crippen LogP contribution in [0.4, 0.5) is 14.5 Å². The summed E-state index contributed by atoms with van der Waals surface area (Å²) in [5.41, 5.74) is 2.27. The molecule has 0 aliphatic rings. The molecule has 0 bridgehead atoms. The summed E-state index contributed by atoms with van der Waals surface area (Å²) in [5, 5.41) is 10.8. The van der Waals surface area contributed by atoms with Crippen molar-refractivity contribution >= 4 is 18.1 Å². The second kappa shape index (κ2) is 6.51. The summed E-state index contributed by atoms with van der Waals surface area (Å²) >= 11 is 0. The van der Waals surface area contributed by atoms with Gasteiger partial charge in [0.25, 0.3) is 0 Å². The second-order valence-electron chi connectivity index (χ2n) is 3.86. The van der Waals surface area contributed by atoms with E-state index in [0.717, 1.165) is 17.9 Å². The lowest BCUT2D eigenvalue weighted by atomic mass is 10.3. The van der Waals surface area contributed by atoms with Crippen molar-refractivity contribution in [2.24, 2.45) is 0 Å². The average molecular weight is 292 g/mol. The predicted molar refractivity (Wildman–Crippen MR) is 70.7 cm³/mol. The number of nitrogens with zero attached hydrogens (tertiary/aromatic N) is 4. The number of hydrogen-bond acceptors (Lipinski definition) is 3. The molecule has 0 aromatic carbocycles. The highest BCUT2D eigenvalue weighted by molar-refractivity contribution is 5.85. The summed E-state index contributed by atoms with van der Waals surface area (Å²) < 4.78 is 27.7. The highest BCUT2D eigenvalue weighted by atomic mass is 35.5. The van der Waals surface area contributed by atoms with Crippen molar-refractivity contribution in [1.29, 1.82) is 0 Å². The van der Waals surface area contributed by atoms with Crippen molar-refractivity contribution in [3.8, 4) is 0 Å². The Labute approximate surface area is 116 Å². The average Bonchev–Trinajstić information content (AvgIpc) is 2.93. The molecule has 2 aromatic heterocycles. The molecule has 0 saturated heterocycles. The lowest BCUT2D eigenvalue weighted by Gasteiger charge is -2.08. The molecule has 0 aliphatic carbocycles. The molecule has 0 radical (unpaired) electrons. The number of hydrogen-bond donors (Lipinski definition) is 1. The first-order valence-corrected chi connectivity index (χ1v) is 5.70. The largest absolute Gasteiger partial charge is 0.377 e. The third-order valence-electron chi connectivity index (χ3n) is 2.80. The van der Waals surface area contributed by atoms with Crippen LogP contribution in [0.1, 0.15) is 24.9 Å². The first kappa shape index (κ1) is 15.4. The zero-order chi connectivity index (χ0) is 13.1. The molecule has 0 saturated carbocycles. The van der Waals surface area contributed by atoms with Crippen LogP contribution in [0.15, 0.2) is 18.5 Å². The standard InChI is InChI=1S/C11H15F2N5.ClH/c1-3-17-8(2)10(7-16-17)14-6-9-4-5-15-18(9)11(12)13;/h4-5,7,11,14H,3,6H2,1-2H3;1H. The number of aromatic nitrogens is 4. The van der Waals surface area contributed by atoms with Gasteiger partial charge in [-0.3, -0.25) is 4.68 Å². The molecule has 2 heterocycles. The summed E-state index contributed by atoms with van der Waals surface area (Å²) in [4.78, 5) is 0. The van der Waals surface area contributed by atoms with Gasteiger partial charge >= 0.3 is 6.55 Å². The third kappa shape index (κ3) is 3.23. The molecule has 0 fully saturated rings. The SMILES string of the molecule is CCn1ncc(NCc2ccnn2C(F)F)c1C.Cl. The van der Waals surface area contributed by atoms with E-state index in [1.165, 1.54) is 6.20 Å². The van der Waals surface area contributed by atoms with E-state index in [4.69, 9.17) is 0 Å². The number of anilines is 1. The van der Waals surface area contributed by atoms with Crippen LogP contribution in [-0.4, -0.2) is 19.6 Å². The highest BCUT2D eigenvalue weighted by Gasteiger charge is 2.12. The number of nitrogens with one attached hydrogen (secondary N) is 1. The van der Waals surface area contributed by atoms with Crippen molar-refractivity contribution < 1.29 is 8.78 Å². The molecule has 0 spiro atoms. The minimum absolute atomic E-state index is 0. The Morgan fingerprint density at radius 1 is 1.37 bits per heavy atom. The van der Waals surface area contributed by atoms with Crippen molar-refractivity contribution in [1.82, 2.24) is 19.6 Å². The Morgan fingerprint density at radius 3 is 2.68 bits per heavy atom. The minimum Gasteiger partial charge on any atom is -0.377 e. The van der Waals surface area contributed by atoms with Gasteiger partial charge in [0.2, 0.25) is 0 Å². The topological polar surface area (TPSA) is 47.7 Å². The van der Waals surface area contributed by atoms with Crippen molar-refractivity contribution in [3.05, 3.63) is 29.8 Å². The number of rotatable bonds is 5. The van der Waals surface area contributed by atoms with Gasteiger partial charge in [0, 0.05) is 12.7 Å². The van der Waals surface area contributed by atoms with E-state index < -0.39 is 6.55 Å². The maximum atomic E-state index is 12.6. The molecule has 0 atom stereocenters. The molecule has 5 nitrogen and oxygen atoms in total. The zero-order valence-corrected chi connectivity index (χ0v) is 11.5.